The molecule has 41 heavy (non-hydrogen) atoms. The van der Waals surface area contributed by atoms with Crippen LogP contribution in [0.1, 0.15) is 12.5 Å². The minimum absolute atomic E-state index is 0.00395. The Bertz CT molecular complexity index is 1570. The molecule has 0 radical (unpaired) electrons. The Hall–Kier alpha value is -3.34. The third kappa shape index (κ3) is 5.60. The van der Waals surface area contributed by atoms with Crippen molar-refractivity contribution in [1.29, 1.82) is 0 Å². The highest BCUT2D eigenvalue weighted by Gasteiger charge is 2.45. The first-order chi connectivity index (χ1) is 19.2. The average molecular weight is 606 g/mol. The number of nitrogens with two attached hydrogens (primary N) is 2. The minimum Gasteiger partial charge on any atom is -0.394 e. The third-order valence-corrected chi connectivity index (χ3v) is 7.20. The summed E-state index contributed by atoms with van der Waals surface area (Å²) in [4.78, 5) is 52.9. The Kier molecular flexibility index (Phi) is 8.59. The van der Waals surface area contributed by atoms with Crippen LogP contribution in [0.2, 0.25) is 0 Å². The number of aliphatic hydroxyl groups excluding tert-OH is 6. The summed E-state index contributed by atoms with van der Waals surface area (Å²) in [6.45, 7) is -1.01. The molecule has 3 aromatic heterocycles. The standard InChI is InChI=1S/C10H14N5O8P.C9H13N3O5/c11-10-13-7-4(8(19)15(10)24(20,21)22)12-2-14(7)9-6(18)5(17)3(1-16)23-9;10-5-1-2-12(9(16)11-5)8-7(15)6(14)4(3-13)17-8/h2-3,5-6,9,16-18H,1H2,(H2,11,13)(H2,20,21,22);1-2,4,6-8,13-15H,3H2,(H2,10,11,16)/t3-,5-,6-,9-;4-,6-,7-,8-/m11/s1. The van der Waals surface area contributed by atoms with Crippen molar-refractivity contribution < 1.29 is 54.5 Å². The average Bonchev–Trinajstić information content (AvgIpc) is 3.53. The monoisotopic (exact) mass is 606 g/mol. The lowest BCUT2D eigenvalue weighted by Crippen LogP contribution is -2.36. The number of hydrogen-bond acceptors (Lipinski definition) is 16. The lowest BCUT2D eigenvalue weighted by atomic mass is 10.1. The second-order valence-electron chi connectivity index (χ2n) is 8.92. The summed E-state index contributed by atoms with van der Waals surface area (Å²) < 4.78 is 23.9. The van der Waals surface area contributed by atoms with E-state index in [-0.39, 0.29) is 15.8 Å². The van der Waals surface area contributed by atoms with Crippen LogP contribution in [0.25, 0.3) is 11.2 Å². The topological polar surface area (TPSA) is 337 Å². The van der Waals surface area contributed by atoms with Crippen LogP contribution >= 0.6 is 7.75 Å². The molecular weight excluding hydrogens is 579 g/mol. The maximum absolute atomic E-state index is 12.2. The molecule has 2 saturated heterocycles. The summed E-state index contributed by atoms with van der Waals surface area (Å²) in [5.74, 6) is -0.702. The van der Waals surface area contributed by atoms with Gasteiger partial charge >= 0.3 is 13.4 Å². The molecule has 0 bridgehead atoms. The zero-order valence-electron chi connectivity index (χ0n) is 20.7. The zero-order chi connectivity index (χ0) is 30.4. The van der Waals surface area contributed by atoms with Crippen molar-refractivity contribution in [2.75, 3.05) is 24.7 Å². The van der Waals surface area contributed by atoms with E-state index in [1.54, 1.807) is 0 Å². The fraction of sp³-hybridized carbons (Fsp3) is 0.526. The van der Waals surface area contributed by atoms with Gasteiger partial charge in [0.1, 0.15) is 42.4 Å². The first-order valence-electron chi connectivity index (χ1n) is 11.6. The lowest BCUT2D eigenvalue weighted by molar-refractivity contribution is -0.0549. The fourth-order valence-corrected chi connectivity index (χ4v) is 4.90. The van der Waals surface area contributed by atoms with Crippen molar-refractivity contribution in [3.05, 3.63) is 39.4 Å². The highest BCUT2D eigenvalue weighted by molar-refractivity contribution is 7.50. The van der Waals surface area contributed by atoms with E-state index in [9.17, 15) is 34.6 Å². The summed E-state index contributed by atoms with van der Waals surface area (Å²) in [6, 6.07) is 1.37. The highest BCUT2D eigenvalue weighted by atomic mass is 31.2. The van der Waals surface area contributed by atoms with Gasteiger partial charge in [-0.25, -0.2) is 14.3 Å². The van der Waals surface area contributed by atoms with Gasteiger partial charge in [0, 0.05) is 6.20 Å². The largest absolute Gasteiger partial charge is 0.439 e. The van der Waals surface area contributed by atoms with Gasteiger partial charge in [0.05, 0.1) is 19.5 Å². The Balaban J connectivity index is 0.000000201. The van der Waals surface area contributed by atoms with E-state index in [0.29, 0.717) is 0 Å². The van der Waals surface area contributed by atoms with Crippen LogP contribution in [0.5, 0.6) is 0 Å². The normalized spacial score (nSPS) is 30.0. The number of aliphatic hydroxyl groups is 6. The molecule has 2 aliphatic rings. The van der Waals surface area contributed by atoms with Gasteiger partial charge in [-0.05, 0) is 6.07 Å². The van der Waals surface area contributed by atoms with Gasteiger partial charge in [0.25, 0.3) is 5.56 Å². The second kappa shape index (κ2) is 11.5. The highest BCUT2D eigenvalue weighted by Crippen LogP contribution is 2.38. The molecule has 0 unspecified atom stereocenters. The Labute approximate surface area is 227 Å². The molecule has 5 heterocycles. The summed E-state index contributed by atoms with van der Waals surface area (Å²) in [7, 11) is -5.04. The summed E-state index contributed by atoms with van der Waals surface area (Å²) in [5, 5.41) is 57.0. The van der Waals surface area contributed by atoms with E-state index in [4.69, 9.17) is 40.9 Å². The Morgan fingerprint density at radius 2 is 1.41 bits per heavy atom. The van der Waals surface area contributed by atoms with Gasteiger partial charge < -0.3 is 61.4 Å². The van der Waals surface area contributed by atoms with Gasteiger partial charge in [-0.3, -0.25) is 13.9 Å². The number of fused-ring (bicyclic) bond motifs is 1. The summed E-state index contributed by atoms with van der Waals surface area (Å²) in [6.07, 6.45) is -7.34. The van der Waals surface area contributed by atoms with Gasteiger partial charge in [0.15, 0.2) is 23.6 Å². The van der Waals surface area contributed by atoms with Crippen LogP contribution in [0.3, 0.4) is 0 Å². The van der Waals surface area contributed by atoms with Crippen LogP contribution in [0, 0.1) is 0 Å². The molecule has 2 aliphatic heterocycles. The number of nitrogen functional groups attached to an aromatic ring is 2. The van der Waals surface area contributed by atoms with Crippen molar-refractivity contribution in [3.63, 3.8) is 0 Å². The second-order valence-corrected chi connectivity index (χ2v) is 10.4. The molecule has 2 fully saturated rings. The molecule has 0 spiro atoms. The SMILES string of the molecule is Nc1ccn([C@@H]2O[C@H](CO)[C@@H](O)[C@H]2O)c(=O)n1.Nc1nc2c(ncn2[C@@H]2O[C@H](CO)[C@@H](O)[C@H]2O)c(=O)n1P(=O)(O)O. The quantitative estimate of drug-likeness (QED) is 0.121. The number of hydrogen-bond donors (Lipinski definition) is 10. The molecule has 0 saturated carbocycles. The van der Waals surface area contributed by atoms with Crippen LogP contribution in [0.15, 0.2) is 28.2 Å². The van der Waals surface area contributed by atoms with E-state index >= 15 is 0 Å². The van der Waals surface area contributed by atoms with Crippen LogP contribution in [-0.4, -0.2) is 119 Å². The van der Waals surface area contributed by atoms with Gasteiger partial charge in [-0.1, -0.05) is 0 Å². The molecule has 3 aromatic rings. The number of nitrogens with zero attached hydrogens (tertiary/aromatic N) is 6. The molecule has 21 nitrogen and oxygen atoms in total. The van der Waals surface area contributed by atoms with Crippen molar-refractivity contribution in [2.45, 2.75) is 49.1 Å². The van der Waals surface area contributed by atoms with Crippen molar-refractivity contribution in [1.82, 2.24) is 28.4 Å². The molecular formula is C19H27N8O13P. The van der Waals surface area contributed by atoms with Crippen molar-refractivity contribution in [2.24, 2.45) is 0 Å². The predicted octanol–water partition coefficient (Wildman–Crippen LogP) is -5.84. The molecule has 8 atom stereocenters. The van der Waals surface area contributed by atoms with E-state index in [2.05, 4.69) is 15.0 Å². The molecule has 12 N–H and O–H groups in total. The number of imidazole rings is 1. The van der Waals surface area contributed by atoms with E-state index < -0.39 is 92.8 Å². The van der Waals surface area contributed by atoms with Crippen LogP contribution < -0.4 is 22.7 Å². The van der Waals surface area contributed by atoms with Gasteiger partial charge in [-0.2, -0.15) is 14.3 Å². The molecule has 22 heteroatoms. The number of ether oxygens (including phenoxy) is 2. The smallest absolute Gasteiger partial charge is 0.394 e. The predicted molar refractivity (Wildman–Crippen MR) is 133 cm³/mol. The van der Waals surface area contributed by atoms with Crippen LogP contribution in [0.4, 0.5) is 11.8 Å². The number of anilines is 2. The Morgan fingerprint density at radius 3 is 1.88 bits per heavy atom. The molecule has 0 aliphatic carbocycles. The third-order valence-electron chi connectivity index (χ3n) is 6.29. The molecule has 0 amide bonds. The number of rotatable bonds is 5. The van der Waals surface area contributed by atoms with E-state index in [0.717, 1.165) is 15.5 Å². The fourth-order valence-electron chi connectivity index (χ4n) is 4.25. The van der Waals surface area contributed by atoms with Crippen LogP contribution in [-0.2, 0) is 14.0 Å². The summed E-state index contributed by atoms with van der Waals surface area (Å²) >= 11 is 0. The van der Waals surface area contributed by atoms with Crippen molar-refractivity contribution in [3.8, 4) is 0 Å². The maximum atomic E-state index is 12.2. The van der Waals surface area contributed by atoms with Gasteiger partial charge in [0.2, 0.25) is 5.95 Å². The van der Waals surface area contributed by atoms with E-state index in [1.807, 2.05) is 0 Å². The maximum Gasteiger partial charge on any atom is 0.439 e. The minimum atomic E-state index is -5.04. The summed E-state index contributed by atoms with van der Waals surface area (Å²) in [5.41, 5.74) is 8.29. The van der Waals surface area contributed by atoms with Gasteiger partial charge in [-0.15, -0.1) is 0 Å². The molecule has 0 aromatic carbocycles. The first-order valence-corrected chi connectivity index (χ1v) is 13.2. The molecule has 226 valence electrons. The number of aromatic nitrogens is 6. The zero-order valence-corrected chi connectivity index (χ0v) is 21.6. The van der Waals surface area contributed by atoms with Crippen molar-refractivity contribution >= 4 is 30.7 Å². The van der Waals surface area contributed by atoms with E-state index in [1.165, 1.54) is 12.3 Å². The lowest BCUT2D eigenvalue weighted by Gasteiger charge is -2.17. The first kappa shape index (κ1) is 30.6. The Morgan fingerprint density at radius 1 is 0.878 bits per heavy atom. The molecule has 5 rings (SSSR count).